The average Bonchev–Trinajstić information content (AvgIpc) is 3.10. The number of rotatable bonds is 4. The van der Waals surface area contributed by atoms with Crippen LogP contribution >= 0.6 is 22.7 Å². The van der Waals surface area contributed by atoms with E-state index in [1.807, 2.05) is 0 Å². The summed E-state index contributed by atoms with van der Waals surface area (Å²) in [6.07, 6.45) is 3.26. The maximum Gasteiger partial charge on any atom is 0.188 e. The summed E-state index contributed by atoms with van der Waals surface area (Å²) in [5.74, 6) is 0.407. The van der Waals surface area contributed by atoms with E-state index in [0.717, 1.165) is 0 Å². The molecule has 0 aliphatic rings. The van der Waals surface area contributed by atoms with Crippen LogP contribution in [-0.2, 0) is 15.6 Å². The fraction of sp³-hybridized carbons (Fsp3) is 0.0833. The molecule has 0 amide bonds. The molecule has 0 saturated heterocycles. The first-order chi connectivity index (χ1) is 9.65. The molecule has 0 aliphatic heterocycles. The van der Waals surface area contributed by atoms with Crippen LogP contribution in [0.4, 0.5) is 0 Å². The van der Waals surface area contributed by atoms with Gasteiger partial charge in [-0.2, -0.15) is 11.3 Å². The number of aromatic nitrogens is 3. The molecule has 0 unspecified atom stereocenters. The third-order valence-electron chi connectivity index (χ3n) is 2.50. The van der Waals surface area contributed by atoms with Crippen molar-refractivity contribution in [3.63, 3.8) is 0 Å². The van der Waals surface area contributed by atoms with Crippen LogP contribution in [0, 0.1) is 0 Å². The van der Waals surface area contributed by atoms with E-state index in [-0.39, 0.29) is 5.75 Å². The highest BCUT2D eigenvalue weighted by Crippen LogP contribution is 2.23. The van der Waals surface area contributed by atoms with Crippen molar-refractivity contribution in [2.45, 2.75) is 10.6 Å². The van der Waals surface area contributed by atoms with E-state index in [4.69, 9.17) is 0 Å². The van der Waals surface area contributed by atoms with Gasteiger partial charge in [0.15, 0.2) is 20.7 Å². The first-order valence-electron chi connectivity index (χ1n) is 5.62. The third kappa shape index (κ3) is 2.77. The Hall–Kier alpha value is -1.64. The van der Waals surface area contributed by atoms with Crippen LogP contribution in [0.3, 0.4) is 0 Å². The summed E-state index contributed by atoms with van der Waals surface area (Å²) in [5, 5.41) is 5.73. The molecule has 0 radical (unpaired) electrons. The van der Waals surface area contributed by atoms with Gasteiger partial charge >= 0.3 is 0 Å². The molecule has 3 heterocycles. The Morgan fingerprint density at radius 3 is 2.65 bits per heavy atom. The molecule has 5 nitrogen and oxygen atoms in total. The van der Waals surface area contributed by atoms with E-state index in [0.29, 0.717) is 21.4 Å². The Balaban J connectivity index is 1.85. The van der Waals surface area contributed by atoms with Gasteiger partial charge in [-0.25, -0.2) is 23.4 Å². The second kappa shape index (κ2) is 5.39. The van der Waals surface area contributed by atoms with E-state index in [1.165, 1.54) is 22.7 Å². The molecule has 0 bridgehead atoms. The lowest BCUT2D eigenvalue weighted by molar-refractivity contribution is 0.595. The van der Waals surface area contributed by atoms with E-state index in [9.17, 15) is 8.42 Å². The van der Waals surface area contributed by atoms with Crippen LogP contribution in [0.25, 0.3) is 10.8 Å². The molecular weight excluding hydrogens is 314 g/mol. The van der Waals surface area contributed by atoms with Gasteiger partial charge in [0.1, 0.15) is 0 Å². The van der Waals surface area contributed by atoms with Crippen LogP contribution in [0.5, 0.6) is 0 Å². The van der Waals surface area contributed by atoms with E-state index in [2.05, 4.69) is 15.0 Å². The van der Waals surface area contributed by atoms with Gasteiger partial charge in [-0.05, 0) is 17.5 Å². The van der Waals surface area contributed by atoms with Gasteiger partial charge in [0.2, 0.25) is 0 Å². The topological polar surface area (TPSA) is 72.8 Å². The Morgan fingerprint density at radius 2 is 1.95 bits per heavy atom. The van der Waals surface area contributed by atoms with Crippen LogP contribution in [0.1, 0.15) is 5.69 Å². The zero-order valence-corrected chi connectivity index (χ0v) is 12.6. The highest BCUT2D eigenvalue weighted by molar-refractivity contribution is 7.90. The van der Waals surface area contributed by atoms with Gasteiger partial charge in [-0.3, -0.25) is 0 Å². The maximum absolute atomic E-state index is 12.1. The number of nitrogens with zero attached hydrogens (tertiary/aromatic N) is 3. The SMILES string of the molecule is O=S(=O)(Cc1csc(-c2ncccn2)n1)c1ccsc1. The van der Waals surface area contributed by atoms with Crippen molar-refractivity contribution in [1.82, 2.24) is 15.0 Å². The summed E-state index contributed by atoms with van der Waals surface area (Å²) in [5.41, 5.74) is 0.517. The summed E-state index contributed by atoms with van der Waals surface area (Å²) in [6.45, 7) is 0. The first kappa shape index (κ1) is 13.3. The summed E-state index contributed by atoms with van der Waals surface area (Å²) in [6, 6.07) is 3.33. The van der Waals surface area contributed by atoms with Crippen molar-refractivity contribution in [3.8, 4) is 10.8 Å². The molecule has 0 aromatic carbocycles. The minimum Gasteiger partial charge on any atom is -0.237 e. The number of thiazole rings is 1. The number of hydrogen-bond donors (Lipinski definition) is 0. The lowest BCUT2D eigenvalue weighted by Crippen LogP contribution is -2.04. The van der Waals surface area contributed by atoms with Gasteiger partial charge in [0, 0.05) is 23.2 Å². The number of hydrogen-bond acceptors (Lipinski definition) is 7. The third-order valence-corrected chi connectivity index (χ3v) is 5.87. The van der Waals surface area contributed by atoms with E-state index >= 15 is 0 Å². The molecule has 0 saturated carbocycles. The van der Waals surface area contributed by atoms with E-state index < -0.39 is 9.84 Å². The van der Waals surface area contributed by atoms with Gasteiger partial charge < -0.3 is 0 Å². The molecular formula is C12H9N3O2S3. The van der Waals surface area contributed by atoms with E-state index in [1.54, 1.807) is 40.7 Å². The van der Waals surface area contributed by atoms with Crippen molar-refractivity contribution < 1.29 is 8.42 Å². The molecule has 3 rings (SSSR count). The van der Waals surface area contributed by atoms with Crippen molar-refractivity contribution in [2.75, 3.05) is 0 Å². The molecule has 8 heteroatoms. The molecule has 0 N–H and O–H groups in total. The smallest absolute Gasteiger partial charge is 0.188 e. The van der Waals surface area contributed by atoms with Gasteiger partial charge in [-0.15, -0.1) is 11.3 Å². The second-order valence-corrected chi connectivity index (χ2v) is 7.56. The predicted octanol–water partition coefficient (Wildman–Crippen LogP) is 2.64. The summed E-state index contributed by atoms with van der Waals surface area (Å²) in [4.78, 5) is 12.8. The lowest BCUT2D eigenvalue weighted by atomic mass is 10.5. The van der Waals surface area contributed by atoms with Crippen molar-refractivity contribution in [1.29, 1.82) is 0 Å². The highest BCUT2D eigenvalue weighted by Gasteiger charge is 2.18. The number of sulfone groups is 1. The van der Waals surface area contributed by atoms with Crippen LogP contribution in [-0.4, -0.2) is 23.4 Å². The molecule has 0 fully saturated rings. The molecule has 102 valence electrons. The summed E-state index contributed by atoms with van der Waals surface area (Å²) in [7, 11) is -3.33. The lowest BCUT2D eigenvalue weighted by Gasteiger charge is -1.98. The molecule has 3 aromatic heterocycles. The Labute approximate surface area is 123 Å². The van der Waals surface area contributed by atoms with Gasteiger partial charge in [0.05, 0.1) is 16.3 Å². The highest BCUT2D eigenvalue weighted by atomic mass is 32.2. The Morgan fingerprint density at radius 1 is 1.15 bits per heavy atom. The molecule has 3 aromatic rings. The van der Waals surface area contributed by atoms with Gasteiger partial charge in [-0.1, -0.05) is 0 Å². The monoisotopic (exact) mass is 323 g/mol. The maximum atomic E-state index is 12.1. The molecule has 0 spiro atoms. The normalized spacial score (nSPS) is 11.6. The Kier molecular flexibility index (Phi) is 3.60. The Bertz CT molecular complexity index is 796. The van der Waals surface area contributed by atoms with Gasteiger partial charge in [0.25, 0.3) is 0 Å². The quantitative estimate of drug-likeness (QED) is 0.738. The van der Waals surface area contributed by atoms with Crippen LogP contribution < -0.4 is 0 Å². The summed E-state index contributed by atoms with van der Waals surface area (Å²) >= 11 is 2.70. The molecule has 0 atom stereocenters. The molecule has 0 aliphatic carbocycles. The fourth-order valence-electron chi connectivity index (χ4n) is 1.59. The fourth-order valence-corrected chi connectivity index (χ4v) is 4.80. The van der Waals surface area contributed by atoms with Crippen LogP contribution in [0.15, 0.2) is 45.6 Å². The first-order valence-corrected chi connectivity index (χ1v) is 9.09. The minimum atomic E-state index is -3.33. The second-order valence-electron chi connectivity index (χ2n) is 3.93. The largest absolute Gasteiger partial charge is 0.237 e. The predicted molar refractivity (Wildman–Crippen MR) is 78.3 cm³/mol. The minimum absolute atomic E-state index is 0.104. The van der Waals surface area contributed by atoms with Crippen molar-refractivity contribution in [3.05, 3.63) is 46.4 Å². The number of thiophene rings is 1. The zero-order chi connectivity index (χ0) is 14.0. The molecule has 20 heavy (non-hydrogen) atoms. The average molecular weight is 323 g/mol. The van der Waals surface area contributed by atoms with Crippen LogP contribution in [0.2, 0.25) is 0 Å². The standard InChI is InChI=1S/C12H9N3O2S3/c16-20(17,10-2-5-18-7-10)8-9-6-19-12(15-9)11-13-3-1-4-14-11/h1-7H,8H2. The zero-order valence-electron chi connectivity index (χ0n) is 10.1. The van der Waals surface area contributed by atoms with Crippen molar-refractivity contribution >= 4 is 32.5 Å². The van der Waals surface area contributed by atoms with Crippen molar-refractivity contribution in [2.24, 2.45) is 0 Å². The summed E-state index contributed by atoms with van der Waals surface area (Å²) < 4.78 is 24.3.